The van der Waals surface area contributed by atoms with Gasteiger partial charge in [-0.05, 0) is 40.0 Å². The maximum absolute atomic E-state index is 13.0. The summed E-state index contributed by atoms with van der Waals surface area (Å²) in [5.41, 5.74) is -5.49. The smallest absolute Gasteiger partial charge is 0.444 e. The molecule has 1 aromatic rings. The molecule has 0 radical (unpaired) electrons. The molecule has 1 aliphatic heterocycles. The fourth-order valence-electron chi connectivity index (χ4n) is 3.87. The van der Waals surface area contributed by atoms with Gasteiger partial charge in [-0.25, -0.2) is 9.48 Å². The van der Waals surface area contributed by atoms with Gasteiger partial charge in [0.25, 0.3) is 0 Å². The minimum Gasteiger partial charge on any atom is -0.444 e. The van der Waals surface area contributed by atoms with E-state index in [0.717, 1.165) is 19.3 Å². The molecular formula is C19H28F3N3O5S. The molecule has 31 heavy (non-hydrogen) atoms. The molecule has 176 valence electrons. The fourth-order valence-corrected chi connectivity index (χ4v) is 4.35. The number of nitrogens with zero attached hydrogens (tertiary/aromatic N) is 3. The average molecular weight is 468 g/mol. The molecule has 0 atom stereocenters. The number of alkyl halides is 3. The Morgan fingerprint density at radius 3 is 2.26 bits per heavy atom. The van der Waals surface area contributed by atoms with Gasteiger partial charge in [-0.15, -0.1) is 0 Å². The molecule has 0 unspecified atom stereocenters. The van der Waals surface area contributed by atoms with Crippen molar-refractivity contribution in [2.24, 2.45) is 0 Å². The predicted molar refractivity (Wildman–Crippen MR) is 105 cm³/mol. The first kappa shape index (κ1) is 23.7. The molecule has 1 aromatic heterocycles. The van der Waals surface area contributed by atoms with Crippen molar-refractivity contribution in [3.8, 4) is 5.88 Å². The summed E-state index contributed by atoms with van der Waals surface area (Å²) in [6, 6.07) is -0.221. The van der Waals surface area contributed by atoms with Crippen molar-refractivity contribution in [3.05, 3.63) is 11.3 Å². The molecule has 0 aromatic carbocycles. The molecule has 2 aliphatic rings. The number of hydrogen-bond acceptors (Lipinski definition) is 6. The number of rotatable bonds is 3. The Morgan fingerprint density at radius 2 is 1.68 bits per heavy atom. The minimum absolute atomic E-state index is 0.115. The lowest BCUT2D eigenvalue weighted by molar-refractivity contribution is -0.0503. The second kappa shape index (κ2) is 8.51. The van der Waals surface area contributed by atoms with Crippen molar-refractivity contribution in [3.63, 3.8) is 0 Å². The molecule has 0 spiro atoms. The Hall–Kier alpha value is -1.98. The summed E-state index contributed by atoms with van der Waals surface area (Å²) >= 11 is 0. The van der Waals surface area contributed by atoms with Gasteiger partial charge >= 0.3 is 21.7 Å². The number of halogens is 3. The van der Waals surface area contributed by atoms with Gasteiger partial charge in [0.15, 0.2) is 0 Å². The van der Waals surface area contributed by atoms with Gasteiger partial charge in [0.05, 0.1) is 11.7 Å². The lowest BCUT2D eigenvalue weighted by Gasteiger charge is -2.26. The molecule has 12 heteroatoms. The zero-order valence-electron chi connectivity index (χ0n) is 17.9. The highest BCUT2D eigenvalue weighted by atomic mass is 32.2. The molecular weight excluding hydrogens is 439 g/mol. The molecule has 1 saturated carbocycles. The Bertz CT molecular complexity index is 915. The number of aromatic nitrogens is 2. The molecule has 0 saturated heterocycles. The summed E-state index contributed by atoms with van der Waals surface area (Å²) in [6.45, 7) is 5.62. The van der Waals surface area contributed by atoms with Gasteiger partial charge in [-0.2, -0.15) is 26.7 Å². The normalized spacial score (nSPS) is 19.0. The zero-order valence-corrected chi connectivity index (χ0v) is 18.7. The number of ether oxygens (including phenoxy) is 1. The quantitative estimate of drug-likeness (QED) is 0.494. The molecule has 1 aliphatic carbocycles. The Balaban J connectivity index is 1.91. The van der Waals surface area contributed by atoms with Gasteiger partial charge in [0.2, 0.25) is 5.88 Å². The number of amides is 1. The van der Waals surface area contributed by atoms with E-state index in [-0.39, 0.29) is 37.9 Å². The highest BCUT2D eigenvalue weighted by Crippen LogP contribution is 2.38. The summed E-state index contributed by atoms with van der Waals surface area (Å²) in [5, 5.41) is 4.45. The molecule has 1 fully saturated rings. The Morgan fingerprint density at radius 1 is 1.06 bits per heavy atom. The van der Waals surface area contributed by atoms with E-state index in [2.05, 4.69) is 9.28 Å². The lowest BCUT2D eigenvalue weighted by atomic mass is 9.96. The average Bonchev–Trinajstić information content (AvgIpc) is 2.83. The van der Waals surface area contributed by atoms with E-state index < -0.39 is 27.3 Å². The van der Waals surface area contributed by atoms with Crippen LogP contribution in [0.15, 0.2) is 0 Å². The van der Waals surface area contributed by atoms with Crippen molar-refractivity contribution in [1.29, 1.82) is 0 Å². The molecule has 3 rings (SSSR count). The Labute approximate surface area is 179 Å². The van der Waals surface area contributed by atoms with Crippen LogP contribution in [0.2, 0.25) is 0 Å². The van der Waals surface area contributed by atoms with Crippen LogP contribution in [0.3, 0.4) is 0 Å². The van der Waals surface area contributed by atoms with Gasteiger partial charge in [-0.3, -0.25) is 0 Å². The van der Waals surface area contributed by atoms with E-state index in [4.69, 9.17) is 4.74 Å². The van der Waals surface area contributed by atoms with Crippen molar-refractivity contribution in [2.75, 3.05) is 13.1 Å². The maximum Gasteiger partial charge on any atom is 0.534 e. The van der Waals surface area contributed by atoms with Gasteiger partial charge in [0.1, 0.15) is 5.60 Å². The fraction of sp³-hybridized carbons (Fsp3) is 0.789. The van der Waals surface area contributed by atoms with E-state index in [1.54, 1.807) is 20.8 Å². The third-order valence-corrected chi connectivity index (χ3v) is 6.28. The molecule has 1 amide bonds. The van der Waals surface area contributed by atoms with E-state index in [9.17, 15) is 26.4 Å². The number of hydrogen-bond donors (Lipinski definition) is 0. The standard InChI is InChI=1S/C19H28F3N3O5S/c1-18(2,3)29-17(26)24-11-9-14-15(10-12-24)23-25(13-7-5-4-6-8-13)16(14)30-31(27,28)19(20,21)22/h13H,4-12H2,1-3H3. The second-order valence-corrected chi connectivity index (χ2v) is 10.5. The molecule has 0 N–H and O–H groups in total. The Kier molecular flexibility index (Phi) is 6.50. The highest BCUT2D eigenvalue weighted by molar-refractivity contribution is 7.87. The first-order chi connectivity index (χ1) is 14.3. The minimum atomic E-state index is -5.85. The summed E-state index contributed by atoms with van der Waals surface area (Å²) in [7, 11) is -5.85. The van der Waals surface area contributed by atoms with Crippen molar-refractivity contribution in [1.82, 2.24) is 14.7 Å². The van der Waals surface area contributed by atoms with Gasteiger partial charge < -0.3 is 13.8 Å². The van der Waals surface area contributed by atoms with Crippen LogP contribution in [0.25, 0.3) is 0 Å². The lowest BCUT2D eigenvalue weighted by Crippen LogP contribution is -2.38. The van der Waals surface area contributed by atoms with Crippen LogP contribution in [0.1, 0.15) is 70.2 Å². The van der Waals surface area contributed by atoms with Crippen LogP contribution in [0, 0.1) is 0 Å². The summed E-state index contributed by atoms with van der Waals surface area (Å²) < 4.78 is 74.0. The third kappa shape index (κ3) is 5.45. The monoisotopic (exact) mass is 467 g/mol. The van der Waals surface area contributed by atoms with Crippen molar-refractivity contribution >= 4 is 16.2 Å². The van der Waals surface area contributed by atoms with Crippen LogP contribution in [-0.4, -0.2) is 53.4 Å². The van der Waals surface area contributed by atoms with Crippen molar-refractivity contribution in [2.45, 2.75) is 82.9 Å². The molecule has 0 bridgehead atoms. The number of carbonyl (C=O) groups excluding carboxylic acids is 1. The van der Waals surface area contributed by atoms with Crippen LogP contribution in [-0.2, 0) is 27.7 Å². The van der Waals surface area contributed by atoms with Crippen molar-refractivity contribution < 1.29 is 35.3 Å². The molecule has 2 heterocycles. The van der Waals surface area contributed by atoms with Crippen LogP contribution in [0.4, 0.5) is 18.0 Å². The number of fused-ring (bicyclic) bond motifs is 1. The van der Waals surface area contributed by atoms with Crippen LogP contribution in [0.5, 0.6) is 5.88 Å². The topological polar surface area (TPSA) is 90.7 Å². The third-order valence-electron chi connectivity index (χ3n) is 5.34. The number of carbonyl (C=O) groups is 1. The first-order valence-electron chi connectivity index (χ1n) is 10.4. The van der Waals surface area contributed by atoms with Gasteiger partial charge in [-0.1, -0.05) is 19.3 Å². The largest absolute Gasteiger partial charge is 0.534 e. The predicted octanol–water partition coefficient (Wildman–Crippen LogP) is 3.95. The highest BCUT2D eigenvalue weighted by Gasteiger charge is 2.50. The summed E-state index contributed by atoms with van der Waals surface area (Å²) in [5.74, 6) is -0.384. The molecule has 8 nitrogen and oxygen atoms in total. The van der Waals surface area contributed by atoms with E-state index in [1.807, 2.05) is 0 Å². The van der Waals surface area contributed by atoms with E-state index in [1.165, 1.54) is 9.58 Å². The SMILES string of the molecule is CC(C)(C)OC(=O)N1CCc2nn(C3CCCCC3)c(OS(=O)(=O)C(F)(F)F)c2CC1. The summed E-state index contributed by atoms with van der Waals surface area (Å²) in [6.07, 6.45) is 3.99. The van der Waals surface area contributed by atoms with Gasteiger partial charge in [0, 0.05) is 25.1 Å². The summed E-state index contributed by atoms with van der Waals surface area (Å²) in [4.78, 5) is 13.8. The first-order valence-corrected chi connectivity index (χ1v) is 11.8. The van der Waals surface area contributed by atoms with E-state index >= 15 is 0 Å². The van der Waals surface area contributed by atoms with E-state index in [0.29, 0.717) is 24.1 Å². The van der Waals surface area contributed by atoms with Crippen LogP contribution < -0.4 is 4.18 Å². The van der Waals surface area contributed by atoms with Crippen LogP contribution >= 0.6 is 0 Å². The maximum atomic E-state index is 13.0. The zero-order chi connectivity index (χ0) is 23.0. The second-order valence-electron chi connectivity index (χ2n) is 8.92.